The lowest BCUT2D eigenvalue weighted by Gasteiger charge is -2.09. The zero-order chi connectivity index (χ0) is 18.6. The highest BCUT2D eigenvalue weighted by atomic mass is 32.2. The van der Waals surface area contributed by atoms with Crippen molar-refractivity contribution < 1.29 is 17.9 Å². The SMILES string of the molecule is COc1ccc(CCNS(=O)(=O)c2ccc3cc(OC)ccc3c2)cc1. The smallest absolute Gasteiger partial charge is 0.240 e. The molecule has 0 amide bonds. The predicted molar refractivity (Wildman–Crippen MR) is 102 cm³/mol. The normalized spacial score (nSPS) is 11.5. The third-order valence-electron chi connectivity index (χ3n) is 4.19. The molecular formula is C20H21NO4S. The van der Waals surface area contributed by atoms with E-state index in [0.29, 0.717) is 13.0 Å². The van der Waals surface area contributed by atoms with E-state index in [0.717, 1.165) is 27.8 Å². The number of hydrogen-bond donors (Lipinski definition) is 1. The molecule has 0 aliphatic heterocycles. The molecule has 0 aliphatic carbocycles. The average Bonchev–Trinajstić information content (AvgIpc) is 2.67. The first kappa shape index (κ1) is 18.2. The van der Waals surface area contributed by atoms with Crippen molar-refractivity contribution >= 4 is 20.8 Å². The van der Waals surface area contributed by atoms with Crippen LogP contribution in [0.1, 0.15) is 5.56 Å². The van der Waals surface area contributed by atoms with Crippen molar-refractivity contribution in [2.45, 2.75) is 11.3 Å². The number of rotatable bonds is 7. The second-order valence-electron chi connectivity index (χ2n) is 5.87. The summed E-state index contributed by atoms with van der Waals surface area (Å²) in [4.78, 5) is 0.255. The minimum Gasteiger partial charge on any atom is -0.497 e. The fraction of sp³-hybridized carbons (Fsp3) is 0.200. The lowest BCUT2D eigenvalue weighted by molar-refractivity contribution is 0.414. The van der Waals surface area contributed by atoms with E-state index in [1.54, 1.807) is 32.4 Å². The summed E-state index contributed by atoms with van der Waals surface area (Å²) in [6.07, 6.45) is 0.605. The highest BCUT2D eigenvalue weighted by Crippen LogP contribution is 2.23. The maximum absolute atomic E-state index is 12.5. The van der Waals surface area contributed by atoms with Gasteiger partial charge in [-0.1, -0.05) is 24.3 Å². The summed E-state index contributed by atoms with van der Waals surface area (Å²) in [6, 6.07) is 18.2. The van der Waals surface area contributed by atoms with Crippen LogP contribution in [-0.2, 0) is 16.4 Å². The Morgan fingerprint density at radius 3 is 2.12 bits per heavy atom. The van der Waals surface area contributed by atoms with Crippen LogP contribution < -0.4 is 14.2 Å². The lowest BCUT2D eigenvalue weighted by atomic mass is 10.1. The number of methoxy groups -OCH3 is 2. The van der Waals surface area contributed by atoms with E-state index in [1.807, 2.05) is 42.5 Å². The van der Waals surface area contributed by atoms with E-state index in [2.05, 4.69) is 4.72 Å². The molecule has 0 saturated heterocycles. The Morgan fingerprint density at radius 1 is 0.808 bits per heavy atom. The number of nitrogens with one attached hydrogen (secondary N) is 1. The Bertz CT molecular complexity index is 998. The van der Waals surface area contributed by atoms with Crippen LogP contribution in [0.3, 0.4) is 0 Å². The highest BCUT2D eigenvalue weighted by Gasteiger charge is 2.14. The first-order valence-corrected chi connectivity index (χ1v) is 9.70. The molecule has 0 atom stereocenters. The fourth-order valence-corrected chi connectivity index (χ4v) is 3.77. The molecule has 0 saturated carbocycles. The lowest BCUT2D eigenvalue weighted by Crippen LogP contribution is -2.26. The van der Waals surface area contributed by atoms with Crippen molar-refractivity contribution in [3.05, 3.63) is 66.2 Å². The van der Waals surface area contributed by atoms with Crippen molar-refractivity contribution in [2.24, 2.45) is 0 Å². The van der Waals surface area contributed by atoms with Crippen LogP contribution in [-0.4, -0.2) is 29.2 Å². The van der Waals surface area contributed by atoms with E-state index in [1.165, 1.54) is 0 Å². The van der Waals surface area contributed by atoms with Gasteiger partial charge in [-0.3, -0.25) is 0 Å². The molecule has 26 heavy (non-hydrogen) atoms. The molecular weight excluding hydrogens is 350 g/mol. The molecule has 0 aromatic heterocycles. The molecule has 0 bridgehead atoms. The van der Waals surface area contributed by atoms with Gasteiger partial charge in [-0.15, -0.1) is 0 Å². The van der Waals surface area contributed by atoms with E-state index in [4.69, 9.17) is 9.47 Å². The van der Waals surface area contributed by atoms with Crippen molar-refractivity contribution in [1.82, 2.24) is 4.72 Å². The van der Waals surface area contributed by atoms with Gasteiger partial charge in [-0.2, -0.15) is 0 Å². The van der Waals surface area contributed by atoms with E-state index in [-0.39, 0.29) is 4.90 Å². The summed E-state index contributed by atoms with van der Waals surface area (Å²) in [6.45, 7) is 0.329. The van der Waals surface area contributed by atoms with Gasteiger partial charge >= 0.3 is 0 Å². The van der Waals surface area contributed by atoms with Gasteiger partial charge in [0.05, 0.1) is 19.1 Å². The Kier molecular flexibility index (Phi) is 5.44. The van der Waals surface area contributed by atoms with Crippen LogP contribution >= 0.6 is 0 Å². The molecule has 6 heteroatoms. The van der Waals surface area contributed by atoms with Crippen LogP contribution in [0.15, 0.2) is 65.6 Å². The Hall–Kier alpha value is -2.57. The van der Waals surface area contributed by atoms with Gasteiger partial charge in [0, 0.05) is 6.54 Å². The molecule has 3 aromatic rings. The average molecular weight is 371 g/mol. The maximum Gasteiger partial charge on any atom is 0.240 e. The molecule has 3 aromatic carbocycles. The first-order valence-electron chi connectivity index (χ1n) is 8.22. The molecule has 136 valence electrons. The number of ether oxygens (including phenoxy) is 2. The predicted octanol–water partition coefficient (Wildman–Crippen LogP) is 3.38. The van der Waals surface area contributed by atoms with Crippen molar-refractivity contribution in [3.8, 4) is 11.5 Å². The topological polar surface area (TPSA) is 64.6 Å². The molecule has 0 heterocycles. The highest BCUT2D eigenvalue weighted by molar-refractivity contribution is 7.89. The van der Waals surface area contributed by atoms with Crippen molar-refractivity contribution in [3.63, 3.8) is 0 Å². The molecule has 1 N–H and O–H groups in total. The molecule has 0 radical (unpaired) electrons. The van der Waals surface area contributed by atoms with Gasteiger partial charge in [0.1, 0.15) is 11.5 Å². The summed E-state index contributed by atoms with van der Waals surface area (Å²) < 4.78 is 38.0. The van der Waals surface area contributed by atoms with Crippen LogP contribution in [0.25, 0.3) is 10.8 Å². The second-order valence-corrected chi connectivity index (χ2v) is 7.64. The summed E-state index contributed by atoms with van der Waals surface area (Å²) in [5, 5.41) is 1.78. The first-order chi connectivity index (χ1) is 12.5. The Morgan fingerprint density at radius 2 is 1.42 bits per heavy atom. The van der Waals surface area contributed by atoms with Gasteiger partial charge in [0.15, 0.2) is 0 Å². The molecule has 0 spiro atoms. The van der Waals surface area contributed by atoms with E-state index < -0.39 is 10.0 Å². The van der Waals surface area contributed by atoms with Crippen LogP contribution in [0.2, 0.25) is 0 Å². The molecule has 5 nitrogen and oxygen atoms in total. The standard InChI is InChI=1S/C20H21NO4S/c1-24-18-7-3-15(4-8-18)11-12-21-26(22,23)20-10-6-16-13-19(25-2)9-5-17(16)14-20/h3-10,13-14,21H,11-12H2,1-2H3. The Balaban J connectivity index is 1.69. The molecule has 0 aliphatic rings. The summed E-state index contributed by atoms with van der Waals surface area (Å²) in [5.41, 5.74) is 1.04. The van der Waals surface area contributed by atoms with Crippen molar-refractivity contribution in [2.75, 3.05) is 20.8 Å². The molecule has 0 fully saturated rings. The molecule has 0 unspecified atom stereocenters. The number of benzene rings is 3. The number of sulfonamides is 1. The largest absolute Gasteiger partial charge is 0.497 e. The fourth-order valence-electron chi connectivity index (χ4n) is 2.70. The summed E-state index contributed by atoms with van der Waals surface area (Å²) >= 11 is 0. The zero-order valence-corrected chi connectivity index (χ0v) is 15.5. The summed E-state index contributed by atoms with van der Waals surface area (Å²) in [5.74, 6) is 1.52. The zero-order valence-electron chi connectivity index (χ0n) is 14.7. The van der Waals surface area contributed by atoms with Crippen LogP contribution in [0.4, 0.5) is 0 Å². The van der Waals surface area contributed by atoms with Crippen LogP contribution in [0, 0.1) is 0 Å². The number of fused-ring (bicyclic) bond motifs is 1. The molecule has 3 rings (SSSR count). The van der Waals surface area contributed by atoms with Crippen LogP contribution in [0.5, 0.6) is 11.5 Å². The van der Waals surface area contributed by atoms with E-state index in [9.17, 15) is 8.42 Å². The monoisotopic (exact) mass is 371 g/mol. The van der Waals surface area contributed by atoms with Gasteiger partial charge < -0.3 is 9.47 Å². The van der Waals surface area contributed by atoms with Crippen molar-refractivity contribution in [1.29, 1.82) is 0 Å². The third-order valence-corrected chi connectivity index (χ3v) is 5.65. The van der Waals surface area contributed by atoms with Gasteiger partial charge in [-0.05, 0) is 59.2 Å². The number of hydrogen-bond acceptors (Lipinski definition) is 4. The second kappa shape index (κ2) is 7.76. The third kappa shape index (κ3) is 4.15. The quantitative estimate of drug-likeness (QED) is 0.692. The minimum atomic E-state index is -3.56. The van der Waals surface area contributed by atoms with Gasteiger partial charge in [0.25, 0.3) is 0 Å². The van der Waals surface area contributed by atoms with E-state index >= 15 is 0 Å². The van der Waals surface area contributed by atoms with Gasteiger partial charge in [-0.25, -0.2) is 13.1 Å². The summed E-state index contributed by atoms with van der Waals surface area (Å²) in [7, 11) is -0.339. The van der Waals surface area contributed by atoms with Gasteiger partial charge in [0.2, 0.25) is 10.0 Å². The minimum absolute atomic E-state index is 0.255. The Labute approximate surface area is 153 Å². The maximum atomic E-state index is 12.5.